The summed E-state index contributed by atoms with van der Waals surface area (Å²) >= 11 is 0. The van der Waals surface area contributed by atoms with Crippen LogP contribution >= 0.6 is 0 Å². The molecule has 3 aliphatic rings. The Balaban J connectivity index is 1.27. The number of hydrogen-bond donors (Lipinski definition) is 1. The van der Waals surface area contributed by atoms with Gasteiger partial charge in [0.05, 0.1) is 18.4 Å². The maximum absolute atomic E-state index is 12.6. The molecule has 1 saturated carbocycles. The van der Waals surface area contributed by atoms with Crippen LogP contribution in [0.4, 0.5) is 0 Å². The number of nitrogens with zero attached hydrogens (tertiary/aromatic N) is 2. The molecule has 4 rings (SSSR count). The van der Waals surface area contributed by atoms with E-state index in [2.05, 4.69) is 10.3 Å². The summed E-state index contributed by atoms with van der Waals surface area (Å²) in [4.78, 5) is 42.8. The quantitative estimate of drug-likeness (QED) is 0.398. The zero-order chi connectivity index (χ0) is 19.7. The van der Waals surface area contributed by atoms with Gasteiger partial charge in [-0.05, 0) is 23.8 Å². The first kappa shape index (κ1) is 18.6. The summed E-state index contributed by atoms with van der Waals surface area (Å²) in [5.74, 6) is -0.541. The van der Waals surface area contributed by atoms with Gasteiger partial charge in [-0.3, -0.25) is 19.3 Å². The van der Waals surface area contributed by atoms with Crippen molar-refractivity contribution in [2.75, 3.05) is 26.9 Å². The number of hydrogen-bond acceptors (Lipinski definition) is 6. The van der Waals surface area contributed by atoms with E-state index in [1.807, 2.05) is 12.2 Å². The summed E-state index contributed by atoms with van der Waals surface area (Å²) in [7, 11) is 1.60. The monoisotopic (exact) mass is 385 g/mol. The second-order valence-corrected chi connectivity index (χ2v) is 7.39. The number of rotatable bonds is 8. The number of carbonyl (C=O) groups is 3. The standard InChI is InChI=1S/C20H23N3O5/c1-27-6-7-28-16-5-2-12(10-22-16)9-21-15(24)11-23-19(25)17-13-3-4-14(8-13)18(17)20(23)26/h2-5,10,13-14,17-18H,6-9,11H2,1H3,(H,21,24). The fourth-order valence-electron chi connectivity index (χ4n) is 4.35. The third-order valence-electron chi connectivity index (χ3n) is 5.69. The van der Waals surface area contributed by atoms with Crippen molar-refractivity contribution >= 4 is 17.7 Å². The number of carbonyl (C=O) groups excluding carboxylic acids is 3. The number of fused-ring (bicyclic) bond motifs is 5. The van der Waals surface area contributed by atoms with Crippen molar-refractivity contribution in [3.8, 4) is 5.88 Å². The van der Waals surface area contributed by atoms with Crippen LogP contribution in [0.15, 0.2) is 30.5 Å². The number of amides is 3. The molecule has 0 aromatic carbocycles. The Labute approximate surface area is 162 Å². The third-order valence-corrected chi connectivity index (χ3v) is 5.69. The molecule has 4 atom stereocenters. The van der Waals surface area contributed by atoms with Gasteiger partial charge in [-0.1, -0.05) is 18.2 Å². The highest BCUT2D eigenvalue weighted by molar-refractivity contribution is 6.08. The molecule has 0 radical (unpaired) electrons. The lowest BCUT2D eigenvalue weighted by molar-refractivity contribution is -0.144. The molecule has 2 aliphatic carbocycles. The van der Waals surface area contributed by atoms with Crippen LogP contribution < -0.4 is 10.1 Å². The van der Waals surface area contributed by atoms with Crippen LogP contribution in [0.3, 0.4) is 0 Å². The zero-order valence-electron chi connectivity index (χ0n) is 15.7. The summed E-state index contributed by atoms with van der Waals surface area (Å²) in [6.07, 6.45) is 6.57. The molecule has 4 unspecified atom stereocenters. The highest BCUT2D eigenvalue weighted by Crippen LogP contribution is 2.52. The van der Waals surface area contributed by atoms with Crippen LogP contribution in [0.5, 0.6) is 5.88 Å². The van der Waals surface area contributed by atoms with Gasteiger partial charge in [-0.25, -0.2) is 4.98 Å². The molecule has 0 spiro atoms. The fraction of sp³-hybridized carbons (Fsp3) is 0.500. The number of pyridine rings is 1. The molecular formula is C20H23N3O5. The van der Waals surface area contributed by atoms with Crippen LogP contribution in [-0.4, -0.2) is 54.5 Å². The van der Waals surface area contributed by atoms with Crippen molar-refractivity contribution in [3.05, 3.63) is 36.0 Å². The van der Waals surface area contributed by atoms with Gasteiger partial charge in [0, 0.05) is 25.9 Å². The van der Waals surface area contributed by atoms with E-state index < -0.39 is 0 Å². The molecular weight excluding hydrogens is 362 g/mol. The van der Waals surface area contributed by atoms with Crippen molar-refractivity contribution in [2.45, 2.75) is 13.0 Å². The fourth-order valence-corrected chi connectivity index (χ4v) is 4.35. The van der Waals surface area contributed by atoms with E-state index in [0.29, 0.717) is 19.1 Å². The van der Waals surface area contributed by atoms with Crippen LogP contribution in [0, 0.1) is 23.7 Å². The predicted molar refractivity (Wildman–Crippen MR) is 97.9 cm³/mol. The molecule has 3 amide bonds. The second kappa shape index (κ2) is 7.71. The molecule has 8 heteroatoms. The van der Waals surface area contributed by atoms with Gasteiger partial charge < -0.3 is 14.8 Å². The van der Waals surface area contributed by atoms with Crippen molar-refractivity contribution in [3.63, 3.8) is 0 Å². The number of allylic oxidation sites excluding steroid dienone is 2. The average molecular weight is 385 g/mol. The molecule has 2 fully saturated rings. The number of imide groups is 1. The van der Waals surface area contributed by atoms with E-state index in [1.54, 1.807) is 25.4 Å². The van der Waals surface area contributed by atoms with Crippen molar-refractivity contribution in [1.29, 1.82) is 0 Å². The van der Waals surface area contributed by atoms with Gasteiger partial charge in [0.2, 0.25) is 23.6 Å². The lowest BCUT2D eigenvalue weighted by Gasteiger charge is -2.16. The Morgan fingerprint density at radius 1 is 1.18 bits per heavy atom. The number of ether oxygens (including phenoxy) is 2. The Hall–Kier alpha value is -2.74. The summed E-state index contributed by atoms with van der Waals surface area (Å²) in [5, 5.41) is 2.74. The SMILES string of the molecule is COCCOc1ccc(CNC(=O)CN2C(=O)C3C4C=CC(C4)C3C2=O)cn1. The first-order valence-corrected chi connectivity index (χ1v) is 9.45. The molecule has 148 valence electrons. The third kappa shape index (κ3) is 3.40. The van der Waals surface area contributed by atoms with E-state index in [0.717, 1.165) is 16.9 Å². The highest BCUT2D eigenvalue weighted by Gasteiger charge is 2.59. The molecule has 8 nitrogen and oxygen atoms in total. The number of nitrogens with one attached hydrogen (secondary N) is 1. The van der Waals surface area contributed by atoms with E-state index in [9.17, 15) is 14.4 Å². The maximum Gasteiger partial charge on any atom is 0.240 e. The molecule has 2 bridgehead atoms. The van der Waals surface area contributed by atoms with Crippen molar-refractivity contribution in [1.82, 2.24) is 15.2 Å². The Kier molecular flexibility index (Phi) is 5.13. The minimum absolute atomic E-state index is 0.148. The van der Waals surface area contributed by atoms with Gasteiger partial charge in [-0.2, -0.15) is 0 Å². The van der Waals surface area contributed by atoms with E-state index >= 15 is 0 Å². The highest BCUT2D eigenvalue weighted by atomic mass is 16.5. The second-order valence-electron chi connectivity index (χ2n) is 7.39. The van der Waals surface area contributed by atoms with Gasteiger partial charge in [0.25, 0.3) is 0 Å². The van der Waals surface area contributed by atoms with Crippen LogP contribution in [0.1, 0.15) is 12.0 Å². The lowest BCUT2D eigenvalue weighted by Crippen LogP contribution is -2.41. The Morgan fingerprint density at radius 2 is 1.89 bits per heavy atom. The summed E-state index contributed by atoms with van der Waals surface area (Å²) in [5.41, 5.74) is 0.797. The maximum atomic E-state index is 12.6. The molecule has 28 heavy (non-hydrogen) atoms. The number of methoxy groups -OCH3 is 1. The number of aromatic nitrogens is 1. The summed E-state index contributed by atoms with van der Waals surface area (Å²) in [6.45, 7) is 0.930. The average Bonchev–Trinajstić information content (AvgIpc) is 3.38. The molecule has 1 N–H and O–H groups in total. The minimum Gasteiger partial charge on any atom is -0.475 e. The first-order chi connectivity index (χ1) is 13.6. The van der Waals surface area contributed by atoms with Crippen LogP contribution in [0.25, 0.3) is 0 Å². The zero-order valence-corrected chi connectivity index (χ0v) is 15.7. The molecule has 1 aromatic rings. The predicted octanol–water partition coefficient (Wildman–Crippen LogP) is 0.530. The largest absolute Gasteiger partial charge is 0.475 e. The Bertz CT molecular complexity index is 777. The van der Waals surface area contributed by atoms with Crippen LogP contribution in [0.2, 0.25) is 0 Å². The van der Waals surface area contributed by atoms with Gasteiger partial charge in [0.15, 0.2) is 0 Å². The van der Waals surface area contributed by atoms with Crippen molar-refractivity contribution < 1.29 is 23.9 Å². The van der Waals surface area contributed by atoms with Gasteiger partial charge in [0.1, 0.15) is 13.2 Å². The molecule has 1 aromatic heterocycles. The molecule has 1 aliphatic heterocycles. The first-order valence-electron chi connectivity index (χ1n) is 9.45. The summed E-state index contributed by atoms with van der Waals surface area (Å²) < 4.78 is 10.3. The molecule has 2 heterocycles. The van der Waals surface area contributed by atoms with Crippen molar-refractivity contribution in [2.24, 2.45) is 23.7 Å². The van der Waals surface area contributed by atoms with E-state index in [-0.39, 0.29) is 54.5 Å². The lowest BCUT2D eigenvalue weighted by atomic mass is 9.85. The smallest absolute Gasteiger partial charge is 0.240 e. The van der Waals surface area contributed by atoms with Gasteiger partial charge >= 0.3 is 0 Å². The minimum atomic E-state index is -0.359. The van der Waals surface area contributed by atoms with E-state index in [1.165, 1.54) is 0 Å². The van der Waals surface area contributed by atoms with Crippen LogP contribution in [-0.2, 0) is 25.7 Å². The number of likely N-dealkylation sites (tertiary alicyclic amines) is 1. The normalized spacial score (nSPS) is 27.4. The van der Waals surface area contributed by atoms with Gasteiger partial charge in [-0.15, -0.1) is 0 Å². The summed E-state index contributed by atoms with van der Waals surface area (Å²) in [6, 6.07) is 3.52. The molecule has 1 saturated heterocycles. The topological polar surface area (TPSA) is 97.8 Å². The van der Waals surface area contributed by atoms with E-state index in [4.69, 9.17) is 9.47 Å². The Morgan fingerprint density at radius 3 is 2.50 bits per heavy atom.